The lowest BCUT2D eigenvalue weighted by atomic mass is 10.0. The lowest BCUT2D eigenvalue weighted by molar-refractivity contribution is -0.122. The minimum absolute atomic E-state index is 0. The highest BCUT2D eigenvalue weighted by Gasteiger charge is 2.32. The molecule has 1 aromatic carbocycles. The van der Waals surface area contributed by atoms with Crippen LogP contribution in [0.1, 0.15) is 49.0 Å². The van der Waals surface area contributed by atoms with Gasteiger partial charge in [0.15, 0.2) is 11.6 Å². The third-order valence-corrected chi connectivity index (χ3v) is 6.81. The predicted octanol–water partition coefficient (Wildman–Crippen LogP) is 3.15. The summed E-state index contributed by atoms with van der Waals surface area (Å²) < 4.78 is 37.8. The van der Waals surface area contributed by atoms with Crippen LogP contribution in [0.4, 0.5) is 14.5 Å². The zero-order chi connectivity index (χ0) is 26.1. The van der Waals surface area contributed by atoms with Crippen LogP contribution in [0.25, 0.3) is 10.9 Å². The number of likely N-dealkylation sites (N-methyl/N-ethyl adjacent to an activating group) is 1. The monoisotopic (exact) mass is 540 g/mol. The molecule has 1 aromatic heterocycles. The molecule has 0 spiro atoms. The number of amides is 1. The topological polar surface area (TPSA) is 113 Å². The Bertz CT molecular complexity index is 1310. The van der Waals surface area contributed by atoms with Crippen molar-refractivity contribution in [2.45, 2.75) is 44.7 Å². The van der Waals surface area contributed by atoms with Gasteiger partial charge in [-0.1, -0.05) is 0 Å². The Balaban J connectivity index is 0.00000380. The number of rotatable bonds is 8. The van der Waals surface area contributed by atoms with Crippen LogP contribution >= 0.6 is 12.4 Å². The highest BCUT2D eigenvalue weighted by molar-refractivity contribution is 5.97. The van der Waals surface area contributed by atoms with Gasteiger partial charge in [-0.2, -0.15) is 0 Å². The van der Waals surface area contributed by atoms with Crippen LogP contribution in [0.2, 0.25) is 0 Å². The quantitative estimate of drug-likeness (QED) is 0.471. The summed E-state index contributed by atoms with van der Waals surface area (Å²) in [6, 6.07) is 0.567. The first-order valence-corrected chi connectivity index (χ1v) is 11.9. The van der Waals surface area contributed by atoms with E-state index in [-0.39, 0.29) is 54.3 Å². The molecule has 0 radical (unpaired) electrons. The molecule has 4 rings (SSSR count). The summed E-state index contributed by atoms with van der Waals surface area (Å²) >= 11 is 0. The Kier molecular flexibility index (Phi) is 8.80. The number of anilines is 1. The number of nitrogens with zero attached hydrogens (tertiary/aromatic N) is 2. The fraction of sp³-hybridized carbons (Fsp3) is 0.480. The molecule has 2 fully saturated rings. The highest BCUT2D eigenvalue weighted by atomic mass is 35.5. The van der Waals surface area contributed by atoms with Crippen molar-refractivity contribution in [3.8, 4) is 5.75 Å². The number of benzene rings is 1. The number of methoxy groups -OCH3 is 1. The number of halogens is 3. The zero-order valence-electron chi connectivity index (χ0n) is 20.9. The smallest absolute Gasteiger partial charge is 0.341 e. The normalized spacial score (nSPS) is 17.7. The molecule has 2 aliphatic rings. The minimum Gasteiger partial charge on any atom is -0.492 e. The van der Waals surface area contributed by atoms with Crippen LogP contribution in [0.15, 0.2) is 28.5 Å². The Labute approximate surface area is 218 Å². The lowest BCUT2D eigenvalue weighted by Gasteiger charge is -2.33. The van der Waals surface area contributed by atoms with Crippen molar-refractivity contribution in [2.24, 2.45) is 0 Å². The van der Waals surface area contributed by atoms with Gasteiger partial charge in [-0.05, 0) is 51.3 Å². The number of carbonyl (C=O) groups excluding carboxylic acids is 1. The van der Waals surface area contributed by atoms with E-state index < -0.39 is 34.6 Å². The number of ether oxygens (including phenoxy) is 1. The van der Waals surface area contributed by atoms with E-state index in [4.69, 9.17) is 4.74 Å². The maximum Gasteiger partial charge on any atom is 0.341 e. The van der Waals surface area contributed by atoms with Gasteiger partial charge >= 0.3 is 5.97 Å². The van der Waals surface area contributed by atoms with E-state index in [0.29, 0.717) is 30.5 Å². The second-order valence-corrected chi connectivity index (χ2v) is 9.21. The van der Waals surface area contributed by atoms with Gasteiger partial charge in [0, 0.05) is 25.3 Å². The van der Waals surface area contributed by atoms with Crippen LogP contribution in [0, 0.1) is 5.82 Å². The van der Waals surface area contributed by atoms with E-state index in [2.05, 4.69) is 10.6 Å². The Morgan fingerprint density at radius 3 is 2.62 bits per heavy atom. The molecule has 0 bridgehead atoms. The molecular weight excluding hydrogens is 510 g/mol. The van der Waals surface area contributed by atoms with Gasteiger partial charge in [0.05, 0.1) is 30.6 Å². The fourth-order valence-electron chi connectivity index (χ4n) is 4.58. The highest BCUT2D eigenvalue weighted by Crippen LogP contribution is 2.44. The molecule has 1 amide bonds. The first kappa shape index (κ1) is 28.4. The maximum atomic E-state index is 15.5. The average molecular weight is 541 g/mol. The second kappa shape index (κ2) is 11.5. The van der Waals surface area contributed by atoms with Gasteiger partial charge in [0.2, 0.25) is 11.3 Å². The summed E-state index contributed by atoms with van der Waals surface area (Å²) in [5.74, 6) is -2.82. The number of hydrogen-bond donors (Lipinski definition) is 3. The minimum atomic E-state index is -1.38. The van der Waals surface area contributed by atoms with E-state index in [1.807, 2.05) is 0 Å². The van der Waals surface area contributed by atoms with Crippen molar-refractivity contribution in [3.05, 3.63) is 45.3 Å². The number of nitrogens with one attached hydrogen (secondary N) is 2. The van der Waals surface area contributed by atoms with E-state index in [0.717, 1.165) is 18.9 Å². The number of fused-ring (bicyclic) bond motifs is 1. The van der Waals surface area contributed by atoms with Crippen molar-refractivity contribution >= 4 is 40.9 Å². The number of aromatic nitrogens is 1. The standard InChI is InChI=1S/C25H30F2N4O5.ClH/c1-13(28-2)24(33)29-10-19(27)14-5-4-8-30(11-14)21-18(26)9-16-20(23(21)36-3)31(15-6-7-15)12-17(22(16)32)25(34)35;/h9,12-13,15,28H,4-8,10-11H2,1-3H3,(H,29,33)(H,34,35);1H/b19-14+;/t13-;/m0./s1. The van der Waals surface area contributed by atoms with Gasteiger partial charge in [-0.15, -0.1) is 12.4 Å². The maximum absolute atomic E-state index is 15.5. The van der Waals surface area contributed by atoms with Gasteiger partial charge in [0.1, 0.15) is 17.1 Å². The lowest BCUT2D eigenvalue weighted by Crippen LogP contribution is -2.41. The van der Waals surface area contributed by atoms with E-state index in [1.54, 1.807) is 23.4 Å². The van der Waals surface area contributed by atoms with Gasteiger partial charge < -0.3 is 29.9 Å². The molecule has 202 valence electrons. The molecule has 3 N–H and O–H groups in total. The Morgan fingerprint density at radius 2 is 2.03 bits per heavy atom. The molecule has 2 heterocycles. The number of pyridine rings is 1. The summed E-state index contributed by atoms with van der Waals surface area (Å²) in [5, 5.41) is 14.8. The summed E-state index contributed by atoms with van der Waals surface area (Å²) in [6.45, 7) is 1.92. The molecule has 12 heteroatoms. The largest absolute Gasteiger partial charge is 0.492 e. The number of aromatic carboxylic acids is 1. The van der Waals surface area contributed by atoms with Crippen LogP contribution < -0.4 is 25.7 Å². The number of piperidine rings is 1. The Hall–Kier alpha value is -3.18. The second-order valence-electron chi connectivity index (χ2n) is 9.21. The number of carboxylic acids is 1. The molecule has 1 saturated heterocycles. The van der Waals surface area contributed by atoms with Crippen molar-refractivity contribution in [1.82, 2.24) is 15.2 Å². The van der Waals surface area contributed by atoms with E-state index in [9.17, 15) is 23.9 Å². The number of carbonyl (C=O) groups is 2. The van der Waals surface area contributed by atoms with Crippen molar-refractivity contribution in [3.63, 3.8) is 0 Å². The number of carboxylic acid groups (broad SMARTS) is 1. The average Bonchev–Trinajstić information content (AvgIpc) is 3.71. The molecule has 0 unspecified atom stereocenters. The van der Waals surface area contributed by atoms with Crippen LogP contribution in [-0.4, -0.2) is 61.4 Å². The number of hydrogen-bond acceptors (Lipinski definition) is 6. The van der Waals surface area contributed by atoms with Crippen LogP contribution in [-0.2, 0) is 4.79 Å². The van der Waals surface area contributed by atoms with Crippen molar-refractivity contribution in [1.29, 1.82) is 0 Å². The summed E-state index contributed by atoms with van der Waals surface area (Å²) in [4.78, 5) is 38.2. The zero-order valence-corrected chi connectivity index (χ0v) is 21.7. The van der Waals surface area contributed by atoms with Gasteiger partial charge in [-0.3, -0.25) is 9.59 Å². The van der Waals surface area contributed by atoms with Crippen molar-refractivity contribution < 1.29 is 28.2 Å². The first-order valence-electron chi connectivity index (χ1n) is 11.9. The first-order chi connectivity index (χ1) is 17.2. The molecule has 2 aromatic rings. The van der Waals surface area contributed by atoms with Crippen LogP contribution in [0.5, 0.6) is 5.75 Å². The summed E-state index contributed by atoms with van der Waals surface area (Å²) in [7, 11) is 3.00. The third kappa shape index (κ3) is 5.57. The van der Waals surface area contributed by atoms with Crippen molar-refractivity contribution in [2.75, 3.05) is 38.7 Å². The summed E-state index contributed by atoms with van der Waals surface area (Å²) in [6.07, 6.45) is 3.91. The molecular formula is C25H31ClF2N4O5. The Morgan fingerprint density at radius 1 is 1.32 bits per heavy atom. The van der Waals surface area contributed by atoms with Gasteiger partial charge in [0.25, 0.3) is 0 Å². The fourth-order valence-corrected chi connectivity index (χ4v) is 4.58. The third-order valence-electron chi connectivity index (χ3n) is 6.81. The van der Waals surface area contributed by atoms with Crippen LogP contribution in [0.3, 0.4) is 0 Å². The molecule has 1 aliphatic carbocycles. The molecule has 1 aliphatic heterocycles. The molecule has 1 atom stereocenters. The SMILES string of the molecule is CN[C@@H](C)C(=O)NC/C(F)=C1/CCCN(c2c(F)cc3c(=O)c(C(=O)O)cn(C4CC4)c3c2OC)C1.Cl. The predicted molar refractivity (Wildman–Crippen MR) is 138 cm³/mol. The van der Waals surface area contributed by atoms with Gasteiger partial charge in [-0.25, -0.2) is 13.6 Å². The summed E-state index contributed by atoms with van der Waals surface area (Å²) in [5.41, 5.74) is -0.338. The molecule has 37 heavy (non-hydrogen) atoms. The van der Waals surface area contributed by atoms with E-state index >= 15 is 4.39 Å². The molecule has 1 saturated carbocycles. The van der Waals surface area contributed by atoms with E-state index in [1.165, 1.54) is 13.3 Å². The molecule has 9 nitrogen and oxygen atoms in total.